The van der Waals surface area contributed by atoms with Crippen LogP contribution >= 0.6 is 0 Å². The van der Waals surface area contributed by atoms with Crippen LogP contribution in [0.4, 0.5) is 5.69 Å². The maximum absolute atomic E-state index is 2.40. The number of hydrogen-bond donors (Lipinski definition) is 0. The zero-order valence-electron chi connectivity index (χ0n) is 13.0. The van der Waals surface area contributed by atoms with Crippen molar-refractivity contribution in [2.24, 2.45) is 0 Å². The summed E-state index contributed by atoms with van der Waals surface area (Å²) in [6, 6.07) is 8.72. The van der Waals surface area contributed by atoms with Gasteiger partial charge in [-0.1, -0.05) is 45.9 Å². The highest BCUT2D eigenvalue weighted by Crippen LogP contribution is 2.21. The van der Waals surface area contributed by atoms with Crippen LogP contribution in [0.5, 0.6) is 0 Å². The molecule has 18 heavy (non-hydrogen) atoms. The SMILES string of the molecule is CC.CC.CN1CCc2ccccc2N(C)CC1. The van der Waals surface area contributed by atoms with E-state index in [1.54, 1.807) is 0 Å². The molecule has 0 fully saturated rings. The van der Waals surface area contributed by atoms with Gasteiger partial charge in [0.05, 0.1) is 0 Å². The van der Waals surface area contributed by atoms with Gasteiger partial charge in [-0.2, -0.15) is 0 Å². The lowest BCUT2D eigenvalue weighted by atomic mass is 10.1. The number of nitrogens with zero attached hydrogens (tertiary/aromatic N) is 2. The average Bonchev–Trinajstić information content (AvgIpc) is 2.46. The highest BCUT2D eigenvalue weighted by molar-refractivity contribution is 5.53. The van der Waals surface area contributed by atoms with E-state index in [0.29, 0.717) is 0 Å². The molecule has 2 rings (SSSR count). The van der Waals surface area contributed by atoms with E-state index in [-0.39, 0.29) is 0 Å². The molecule has 0 spiro atoms. The monoisotopic (exact) mass is 250 g/mol. The summed E-state index contributed by atoms with van der Waals surface area (Å²) in [5.74, 6) is 0. The standard InChI is InChI=1S/C12H18N2.2C2H6/c1-13-8-7-11-5-3-4-6-12(11)14(2)10-9-13;2*1-2/h3-6H,7-10H2,1-2H3;2*1-2H3. The molecule has 0 aliphatic carbocycles. The van der Waals surface area contributed by atoms with Gasteiger partial charge in [0.1, 0.15) is 0 Å². The second-order valence-corrected chi connectivity index (χ2v) is 4.10. The summed E-state index contributed by atoms with van der Waals surface area (Å²) in [5, 5.41) is 0. The summed E-state index contributed by atoms with van der Waals surface area (Å²) in [5.41, 5.74) is 2.88. The topological polar surface area (TPSA) is 6.48 Å². The molecule has 0 unspecified atom stereocenters. The molecule has 2 nitrogen and oxygen atoms in total. The van der Waals surface area contributed by atoms with Crippen molar-refractivity contribution >= 4 is 5.69 Å². The van der Waals surface area contributed by atoms with Crippen LogP contribution in [-0.4, -0.2) is 38.6 Å². The molecule has 1 aromatic rings. The van der Waals surface area contributed by atoms with E-state index in [1.165, 1.54) is 17.8 Å². The van der Waals surface area contributed by atoms with Gasteiger partial charge in [-0.15, -0.1) is 0 Å². The highest BCUT2D eigenvalue weighted by atomic mass is 15.2. The first-order valence-electron chi connectivity index (χ1n) is 7.25. The fourth-order valence-corrected chi connectivity index (χ4v) is 1.96. The first-order valence-corrected chi connectivity index (χ1v) is 7.25. The van der Waals surface area contributed by atoms with Crippen molar-refractivity contribution in [2.75, 3.05) is 38.6 Å². The Balaban J connectivity index is 0.000000659. The van der Waals surface area contributed by atoms with Gasteiger partial charge in [-0.25, -0.2) is 0 Å². The minimum absolute atomic E-state index is 1.12. The fourth-order valence-electron chi connectivity index (χ4n) is 1.96. The molecule has 0 radical (unpaired) electrons. The number of rotatable bonds is 0. The smallest absolute Gasteiger partial charge is 0.0397 e. The van der Waals surface area contributed by atoms with Crippen molar-refractivity contribution in [3.8, 4) is 0 Å². The van der Waals surface area contributed by atoms with Gasteiger partial charge in [-0.05, 0) is 25.1 Å². The maximum Gasteiger partial charge on any atom is 0.0397 e. The highest BCUT2D eigenvalue weighted by Gasteiger charge is 2.11. The van der Waals surface area contributed by atoms with Crippen molar-refractivity contribution in [1.29, 1.82) is 0 Å². The van der Waals surface area contributed by atoms with Gasteiger partial charge < -0.3 is 9.80 Å². The van der Waals surface area contributed by atoms with E-state index in [9.17, 15) is 0 Å². The molecule has 1 aromatic carbocycles. The minimum Gasteiger partial charge on any atom is -0.373 e. The second kappa shape index (κ2) is 9.95. The molecule has 0 N–H and O–H groups in total. The predicted molar refractivity (Wildman–Crippen MR) is 83.6 cm³/mol. The van der Waals surface area contributed by atoms with E-state index in [4.69, 9.17) is 0 Å². The van der Waals surface area contributed by atoms with Crippen molar-refractivity contribution < 1.29 is 0 Å². The van der Waals surface area contributed by atoms with Gasteiger partial charge in [0, 0.05) is 32.4 Å². The largest absolute Gasteiger partial charge is 0.373 e. The van der Waals surface area contributed by atoms with Crippen LogP contribution in [0.1, 0.15) is 33.3 Å². The average molecular weight is 250 g/mol. The van der Waals surface area contributed by atoms with Crippen LogP contribution in [0.25, 0.3) is 0 Å². The quantitative estimate of drug-likeness (QED) is 0.693. The molecule has 1 aliphatic heterocycles. The molecule has 0 saturated carbocycles. The minimum atomic E-state index is 1.12. The van der Waals surface area contributed by atoms with Crippen LogP contribution in [0.15, 0.2) is 24.3 Å². The van der Waals surface area contributed by atoms with Gasteiger partial charge >= 0.3 is 0 Å². The number of benzene rings is 1. The van der Waals surface area contributed by atoms with E-state index in [1.807, 2.05) is 27.7 Å². The van der Waals surface area contributed by atoms with Crippen LogP contribution in [0, 0.1) is 0 Å². The fraction of sp³-hybridized carbons (Fsp3) is 0.625. The van der Waals surface area contributed by atoms with Gasteiger partial charge in [0.25, 0.3) is 0 Å². The lowest BCUT2D eigenvalue weighted by Crippen LogP contribution is -2.34. The Hall–Kier alpha value is -1.02. The number of hydrogen-bond acceptors (Lipinski definition) is 2. The molecule has 0 atom stereocenters. The first-order chi connectivity index (χ1) is 8.77. The molecular weight excluding hydrogens is 220 g/mol. The second-order valence-electron chi connectivity index (χ2n) is 4.10. The Morgan fingerprint density at radius 2 is 1.44 bits per heavy atom. The zero-order valence-corrected chi connectivity index (χ0v) is 13.0. The van der Waals surface area contributed by atoms with Crippen molar-refractivity contribution in [3.63, 3.8) is 0 Å². The van der Waals surface area contributed by atoms with E-state index in [0.717, 1.165) is 19.5 Å². The summed E-state index contributed by atoms with van der Waals surface area (Å²) >= 11 is 0. The van der Waals surface area contributed by atoms with Crippen LogP contribution in [0.2, 0.25) is 0 Å². The number of para-hydroxylation sites is 1. The summed E-state index contributed by atoms with van der Waals surface area (Å²) < 4.78 is 0. The predicted octanol–water partition coefficient (Wildman–Crippen LogP) is 3.66. The summed E-state index contributed by atoms with van der Waals surface area (Å²) in [6.45, 7) is 11.4. The molecule has 0 bridgehead atoms. The molecule has 0 saturated heterocycles. The molecule has 104 valence electrons. The molecule has 2 heteroatoms. The molecular formula is C16H30N2. The zero-order chi connectivity index (χ0) is 14.0. The Kier molecular flexibility index (Phi) is 9.39. The summed E-state index contributed by atoms with van der Waals surface area (Å²) in [7, 11) is 4.37. The van der Waals surface area contributed by atoms with E-state index >= 15 is 0 Å². The Labute approximate surface area is 114 Å². The number of fused-ring (bicyclic) bond motifs is 1. The summed E-state index contributed by atoms with van der Waals surface area (Å²) in [4.78, 5) is 4.75. The lowest BCUT2D eigenvalue weighted by Gasteiger charge is -2.29. The van der Waals surface area contributed by atoms with Crippen molar-refractivity contribution in [1.82, 2.24) is 4.90 Å². The van der Waals surface area contributed by atoms with Gasteiger partial charge in [0.15, 0.2) is 0 Å². The Morgan fingerprint density at radius 3 is 2.11 bits per heavy atom. The molecule has 1 heterocycles. The lowest BCUT2D eigenvalue weighted by molar-refractivity contribution is 0.341. The van der Waals surface area contributed by atoms with Gasteiger partial charge in [0.2, 0.25) is 0 Å². The van der Waals surface area contributed by atoms with Crippen molar-refractivity contribution in [2.45, 2.75) is 34.1 Å². The Morgan fingerprint density at radius 1 is 0.833 bits per heavy atom. The number of likely N-dealkylation sites (N-methyl/N-ethyl adjacent to an activating group) is 2. The van der Waals surface area contributed by atoms with E-state index in [2.05, 4.69) is 48.2 Å². The van der Waals surface area contributed by atoms with Crippen LogP contribution in [-0.2, 0) is 6.42 Å². The molecule has 0 amide bonds. The summed E-state index contributed by atoms with van der Waals surface area (Å²) in [6.07, 6.45) is 1.16. The van der Waals surface area contributed by atoms with Gasteiger partial charge in [-0.3, -0.25) is 0 Å². The van der Waals surface area contributed by atoms with Crippen molar-refractivity contribution in [3.05, 3.63) is 29.8 Å². The third kappa shape index (κ3) is 5.09. The van der Waals surface area contributed by atoms with Crippen LogP contribution in [0.3, 0.4) is 0 Å². The third-order valence-electron chi connectivity index (χ3n) is 2.98. The Bertz CT molecular complexity index is 310. The van der Waals surface area contributed by atoms with Crippen LogP contribution < -0.4 is 4.90 Å². The maximum atomic E-state index is 2.40. The normalized spacial score (nSPS) is 15.1. The molecule has 1 aliphatic rings. The number of anilines is 1. The molecule has 0 aromatic heterocycles. The van der Waals surface area contributed by atoms with E-state index < -0.39 is 0 Å². The first kappa shape index (κ1) is 17.0. The third-order valence-corrected chi connectivity index (χ3v) is 2.98.